The van der Waals surface area contributed by atoms with Crippen molar-refractivity contribution in [2.24, 2.45) is 0 Å². The molecule has 0 heterocycles. The predicted octanol–water partition coefficient (Wildman–Crippen LogP) is 4.13. The number of anilines is 1. The Labute approximate surface area is 124 Å². The number of hydrogen-bond donors (Lipinski definition) is 1. The SMILES string of the molecule is CCN(CCNC1CCCCCC1)c1ccccc1C. The number of hydrogen-bond acceptors (Lipinski definition) is 2. The normalized spacial score (nSPS) is 16.9. The molecule has 0 unspecified atom stereocenters. The van der Waals surface area contributed by atoms with Gasteiger partial charge in [-0.05, 0) is 38.3 Å². The molecule has 2 rings (SSSR count). The highest BCUT2D eigenvalue weighted by atomic mass is 15.1. The van der Waals surface area contributed by atoms with E-state index in [1.54, 1.807) is 0 Å². The topological polar surface area (TPSA) is 15.3 Å². The van der Waals surface area contributed by atoms with E-state index >= 15 is 0 Å². The van der Waals surface area contributed by atoms with Crippen LogP contribution in [0.4, 0.5) is 5.69 Å². The second-order valence-corrected chi connectivity index (χ2v) is 6.01. The Morgan fingerprint density at radius 1 is 1.10 bits per heavy atom. The Morgan fingerprint density at radius 2 is 1.80 bits per heavy atom. The van der Waals surface area contributed by atoms with Crippen molar-refractivity contribution in [2.45, 2.75) is 58.4 Å². The summed E-state index contributed by atoms with van der Waals surface area (Å²) in [5.41, 5.74) is 2.77. The van der Waals surface area contributed by atoms with Gasteiger partial charge in [0.05, 0.1) is 0 Å². The molecular weight excluding hydrogens is 244 g/mol. The monoisotopic (exact) mass is 274 g/mol. The van der Waals surface area contributed by atoms with E-state index in [2.05, 4.69) is 48.3 Å². The van der Waals surface area contributed by atoms with Crippen LogP contribution in [0.25, 0.3) is 0 Å². The van der Waals surface area contributed by atoms with E-state index in [4.69, 9.17) is 0 Å². The molecule has 1 N–H and O–H groups in total. The van der Waals surface area contributed by atoms with Crippen LogP contribution in [0.2, 0.25) is 0 Å². The van der Waals surface area contributed by atoms with Crippen LogP contribution in [0.1, 0.15) is 51.0 Å². The third-order valence-electron chi connectivity index (χ3n) is 4.51. The molecule has 1 aliphatic carbocycles. The molecule has 1 saturated carbocycles. The molecule has 1 aromatic carbocycles. The molecule has 0 amide bonds. The average molecular weight is 274 g/mol. The third kappa shape index (κ3) is 4.52. The highest BCUT2D eigenvalue weighted by molar-refractivity contribution is 5.52. The standard InChI is InChI=1S/C18H30N2/c1-3-20(18-13-9-8-10-16(18)2)15-14-19-17-11-6-4-5-7-12-17/h8-10,13,17,19H,3-7,11-12,14-15H2,1-2H3. The smallest absolute Gasteiger partial charge is 0.0396 e. The van der Waals surface area contributed by atoms with E-state index in [9.17, 15) is 0 Å². The summed E-state index contributed by atoms with van der Waals surface area (Å²) in [6.45, 7) is 7.75. The second kappa shape index (κ2) is 8.31. The van der Waals surface area contributed by atoms with E-state index in [1.807, 2.05) is 0 Å². The van der Waals surface area contributed by atoms with Gasteiger partial charge < -0.3 is 10.2 Å². The van der Waals surface area contributed by atoms with Crippen LogP contribution < -0.4 is 10.2 Å². The molecule has 1 aliphatic rings. The fraction of sp³-hybridized carbons (Fsp3) is 0.667. The van der Waals surface area contributed by atoms with Gasteiger partial charge in [-0.25, -0.2) is 0 Å². The first-order valence-electron chi connectivity index (χ1n) is 8.35. The molecule has 0 radical (unpaired) electrons. The number of likely N-dealkylation sites (N-methyl/N-ethyl adjacent to an activating group) is 1. The molecule has 2 nitrogen and oxygen atoms in total. The Kier molecular flexibility index (Phi) is 6.38. The summed E-state index contributed by atoms with van der Waals surface area (Å²) in [5, 5.41) is 3.77. The lowest BCUT2D eigenvalue weighted by atomic mass is 10.1. The highest BCUT2D eigenvalue weighted by Crippen LogP contribution is 2.19. The van der Waals surface area contributed by atoms with E-state index in [0.717, 1.165) is 25.7 Å². The quantitative estimate of drug-likeness (QED) is 0.785. The van der Waals surface area contributed by atoms with Crippen LogP contribution in [-0.4, -0.2) is 25.7 Å². The van der Waals surface area contributed by atoms with Crippen molar-refractivity contribution >= 4 is 5.69 Å². The zero-order valence-electron chi connectivity index (χ0n) is 13.2. The summed E-state index contributed by atoms with van der Waals surface area (Å²) in [6.07, 6.45) is 8.43. The van der Waals surface area contributed by atoms with Crippen molar-refractivity contribution in [1.82, 2.24) is 5.32 Å². The van der Waals surface area contributed by atoms with Crippen LogP contribution in [0, 0.1) is 6.92 Å². The van der Waals surface area contributed by atoms with E-state index in [-0.39, 0.29) is 0 Å². The summed E-state index contributed by atoms with van der Waals surface area (Å²) in [6, 6.07) is 9.47. The Bertz CT molecular complexity index is 381. The lowest BCUT2D eigenvalue weighted by Gasteiger charge is -2.26. The molecule has 0 bridgehead atoms. The summed E-state index contributed by atoms with van der Waals surface area (Å²) in [5.74, 6) is 0. The minimum atomic E-state index is 0.757. The molecule has 0 spiro atoms. The first-order valence-corrected chi connectivity index (χ1v) is 8.35. The van der Waals surface area contributed by atoms with Crippen molar-refractivity contribution in [3.63, 3.8) is 0 Å². The molecule has 20 heavy (non-hydrogen) atoms. The van der Waals surface area contributed by atoms with Gasteiger partial charge >= 0.3 is 0 Å². The van der Waals surface area contributed by atoms with Crippen LogP contribution in [0.15, 0.2) is 24.3 Å². The summed E-state index contributed by atoms with van der Waals surface area (Å²) >= 11 is 0. The maximum Gasteiger partial charge on any atom is 0.0396 e. The minimum Gasteiger partial charge on any atom is -0.370 e. The Balaban J connectivity index is 1.80. The zero-order chi connectivity index (χ0) is 14.2. The molecule has 1 fully saturated rings. The maximum atomic E-state index is 3.77. The fourth-order valence-corrected chi connectivity index (χ4v) is 3.25. The van der Waals surface area contributed by atoms with Crippen LogP contribution >= 0.6 is 0 Å². The minimum absolute atomic E-state index is 0.757. The van der Waals surface area contributed by atoms with Crippen molar-refractivity contribution in [1.29, 1.82) is 0 Å². The second-order valence-electron chi connectivity index (χ2n) is 6.01. The molecule has 0 aromatic heterocycles. The van der Waals surface area contributed by atoms with Crippen molar-refractivity contribution in [2.75, 3.05) is 24.5 Å². The molecule has 1 aromatic rings. The third-order valence-corrected chi connectivity index (χ3v) is 4.51. The van der Waals surface area contributed by atoms with E-state index in [1.165, 1.54) is 49.8 Å². The van der Waals surface area contributed by atoms with Gasteiger partial charge in [-0.3, -0.25) is 0 Å². The lowest BCUT2D eigenvalue weighted by molar-refractivity contribution is 0.462. The van der Waals surface area contributed by atoms with Gasteiger partial charge in [0.1, 0.15) is 0 Å². The van der Waals surface area contributed by atoms with Crippen molar-refractivity contribution in [3.05, 3.63) is 29.8 Å². The Morgan fingerprint density at radius 3 is 2.45 bits per heavy atom. The van der Waals surface area contributed by atoms with Gasteiger partial charge in [0.2, 0.25) is 0 Å². The lowest BCUT2D eigenvalue weighted by Crippen LogP contribution is -2.37. The van der Waals surface area contributed by atoms with Gasteiger partial charge in [-0.15, -0.1) is 0 Å². The molecule has 0 aliphatic heterocycles. The van der Waals surface area contributed by atoms with E-state index in [0.29, 0.717) is 0 Å². The largest absolute Gasteiger partial charge is 0.370 e. The maximum absolute atomic E-state index is 3.77. The van der Waals surface area contributed by atoms with Crippen molar-refractivity contribution < 1.29 is 0 Å². The number of benzene rings is 1. The van der Waals surface area contributed by atoms with Gasteiger partial charge in [-0.2, -0.15) is 0 Å². The summed E-state index contributed by atoms with van der Waals surface area (Å²) in [4.78, 5) is 2.49. The molecule has 2 heteroatoms. The number of aryl methyl sites for hydroxylation is 1. The summed E-state index contributed by atoms with van der Waals surface area (Å²) < 4.78 is 0. The molecular formula is C18H30N2. The Hall–Kier alpha value is -1.02. The van der Waals surface area contributed by atoms with Gasteiger partial charge in [0.25, 0.3) is 0 Å². The van der Waals surface area contributed by atoms with Crippen LogP contribution in [-0.2, 0) is 0 Å². The molecule has 112 valence electrons. The first kappa shape index (κ1) is 15.4. The number of nitrogens with one attached hydrogen (secondary N) is 1. The molecule has 0 saturated heterocycles. The van der Waals surface area contributed by atoms with Crippen LogP contribution in [0.5, 0.6) is 0 Å². The van der Waals surface area contributed by atoms with Gasteiger partial charge in [0, 0.05) is 31.4 Å². The number of nitrogens with zero attached hydrogens (tertiary/aromatic N) is 1. The number of para-hydroxylation sites is 1. The predicted molar refractivity (Wildman–Crippen MR) is 88.6 cm³/mol. The van der Waals surface area contributed by atoms with Crippen LogP contribution in [0.3, 0.4) is 0 Å². The summed E-state index contributed by atoms with van der Waals surface area (Å²) in [7, 11) is 0. The van der Waals surface area contributed by atoms with E-state index < -0.39 is 0 Å². The fourth-order valence-electron chi connectivity index (χ4n) is 3.25. The zero-order valence-corrected chi connectivity index (χ0v) is 13.2. The molecule has 0 atom stereocenters. The van der Waals surface area contributed by atoms with Gasteiger partial charge in [0.15, 0.2) is 0 Å². The average Bonchev–Trinajstić information content (AvgIpc) is 2.73. The van der Waals surface area contributed by atoms with Gasteiger partial charge in [-0.1, -0.05) is 43.9 Å². The van der Waals surface area contributed by atoms with Crippen molar-refractivity contribution in [3.8, 4) is 0 Å². The number of rotatable bonds is 6. The first-order chi connectivity index (χ1) is 9.81. The highest BCUT2D eigenvalue weighted by Gasteiger charge is 2.12.